The Labute approximate surface area is 107 Å². The summed E-state index contributed by atoms with van der Waals surface area (Å²) in [6.07, 6.45) is -2.34. The summed E-state index contributed by atoms with van der Waals surface area (Å²) in [5.41, 5.74) is -1.59. The molecule has 1 aliphatic rings. The number of para-hydroxylation sites is 1. The lowest BCUT2D eigenvalue weighted by Crippen LogP contribution is -2.36. The first kappa shape index (κ1) is 13.2. The fraction of sp³-hybridized carbons (Fsp3) is 0.154. The SMILES string of the molecule is O=C(O)C1=C(C(F)(F)F)N(c2ccccc2)CC=C1. The van der Waals surface area contributed by atoms with Crippen LogP contribution < -0.4 is 4.90 Å². The van der Waals surface area contributed by atoms with E-state index in [2.05, 4.69) is 0 Å². The average Bonchev–Trinajstić information content (AvgIpc) is 2.38. The van der Waals surface area contributed by atoms with E-state index in [9.17, 15) is 18.0 Å². The van der Waals surface area contributed by atoms with E-state index in [1.54, 1.807) is 18.2 Å². The van der Waals surface area contributed by atoms with E-state index in [1.807, 2.05) is 0 Å². The van der Waals surface area contributed by atoms with Crippen molar-refractivity contribution in [2.24, 2.45) is 0 Å². The van der Waals surface area contributed by atoms with Crippen molar-refractivity contribution < 1.29 is 23.1 Å². The molecule has 2 rings (SSSR count). The van der Waals surface area contributed by atoms with Gasteiger partial charge < -0.3 is 10.0 Å². The van der Waals surface area contributed by atoms with Crippen LogP contribution in [0, 0.1) is 0 Å². The smallest absolute Gasteiger partial charge is 0.432 e. The van der Waals surface area contributed by atoms with Crippen LogP contribution in [0.15, 0.2) is 53.8 Å². The molecule has 1 aromatic rings. The number of anilines is 1. The third-order valence-electron chi connectivity index (χ3n) is 2.66. The van der Waals surface area contributed by atoms with Crippen LogP contribution in [0.5, 0.6) is 0 Å². The summed E-state index contributed by atoms with van der Waals surface area (Å²) >= 11 is 0. The average molecular weight is 269 g/mol. The monoisotopic (exact) mass is 269 g/mol. The molecule has 1 aliphatic heterocycles. The Balaban J connectivity index is 2.57. The summed E-state index contributed by atoms with van der Waals surface area (Å²) in [7, 11) is 0. The van der Waals surface area contributed by atoms with E-state index in [-0.39, 0.29) is 6.54 Å². The molecule has 1 heterocycles. The summed E-state index contributed by atoms with van der Waals surface area (Å²) < 4.78 is 39.3. The number of aliphatic carboxylic acids is 1. The molecule has 0 unspecified atom stereocenters. The van der Waals surface area contributed by atoms with Crippen molar-refractivity contribution in [2.45, 2.75) is 6.18 Å². The van der Waals surface area contributed by atoms with Gasteiger partial charge in [0.05, 0.1) is 5.57 Å². The summed E-state index contributed by atoms with van der Waals surface area (Å²) in [6.45, 7) is -0.0182. The molecule has 0 amide bonds. The van der Waals surface area contributed by atoms with Gasteiger partial charge in [0.15, 0.2) is 0 Å². The zero-order chi connectivity index (χ0) is 14.0. The molecule has 0 spiro atoms. The minimum atomic E-state index is -4.73. The molecule has 3 nitrogen and oxygen atoms in total. The molecule has 0 aliphatic carbocycles. The number of hydrogen-bond acceptors (Lipinski definition) is 2. The molecule has 0 fully saturated rings. The maximum atomic E-state index is 13.1. The van der Waals surface area contributed by atoms with Crippen LogP contribution in [0.3, 0.4) is 0 Å². The van der Waals surface area contributed by atoms with Gasteiger partial charge in [-0.1, -0.05) is 24.3 Å². The molecule has 0 aromatic heterocycles. The standard InChI is InChI=1S/C13H10F3NO2/c14-13(15,16)11-10(12(18)19)7-4-8-17(11)9-5-2-1-3-6-9/h1-7H,8H2,(H,18,19). The third kappa shape index (κ3) is 2.62. The second-order valence-electron chi connectivity index (χ2n) is 3.91. The van der Waals surface area contributed by atoms with Crippen molar-refractivity contribution in [3.05, 3.63) is 53.8 Å². The van der Waals surface area contributed by atoms with Gasteiger partial charge in [-0.2, -0.15) is 13.2 Å². The number of alkyl halides is 3. The van der Waals surface area contributed by atoms with Crippen molar-refractivity contribution in [2.75, 3.05) is 11.4 Å². The molecule has 19 heavy (non-hydrogen) atoms. The topological polar surface area (TPSA) is 40.5 Å². The molecule has 0 saturated carbocycles. The van der Waals surface area contributed by atoms with Crippen molar-refractivity contribution in [3.8, 4) is 0 Å². The van der Waals surface area contributed by atoms with E-state index in [0.717, 1.165) is 11.0 Å². The molecule has 100 valence electrons. The minimum Gasteiger partial charge on any atom is -0.478 e. The highest BCUT2D eigenvalue weighted by atomic mass is 19.4. The number of nitrogens with zero attached hydrogens (tertiary/aromatic N) is 1. The Morgan fingerprint density at radius 3 is 2.37 bits per heavy atom. The largest absolute Gasteiger partial charge is 0.478 e. The van der Waals surface area contributed by atoms with Crippen LogP contribution in [-0.2, 0) is 4.79 Å². The molecule has 0 radical (unpaired) electrons. The molecule has 1 N–H and O–H groups in total. The predicted octanol–water partition coefficient (Wildman–Crippen LogP) is 2.96. The van der Waals surface area contributed by atoms with Crippen LogP contribution in [0.25, 0.3) is 0 Å². The number of rotatable bonds is 2. The van der Waals surface area contributed by atoms with Crippen LogP contribution in [-0.4, -0.2) is 23.8 Å². The molecular weight excluding hydrogens is 259 g/mol. The maximum Gasteiger partial charge on any atom is 0.432 e. The zero-order valence-electron chi connectivity index (χ0n) is 9.69. The first-order chi connectivity index (χ1) is 8.91. The number of benzene rings is 1. The van der Waals surface area contributed by atoms with Crippen LogP contribution in [0.1, 0.15) is 0 Å². The first-order valence-electron chi connectivity index (χ1n) is 5.45. The van der Waals surface area contributed by atoms with Gasteiger partial charge in [-0.05, 0) is 18.2 Å². The molecule has 1 aromatic carbocycles. The summed E-state index contributed by atoms with van der Waals surface area (Å²) in [4.78, 5) is 11.9. The summed E-state index contributed by atoms with van der Waals surface area (Å²) in [5, 5.41) is 8.90. The van der Waals surface area contributed by atoms with Crippen LogP contribution >= 0.6 is 0 Å². The first-order valence-corrected chi connectivity index (χ1v) is 5.45. The quantitative estimate of drug-likeness (QED) is 0.897. The lowest BCUT2D eigenvalue weighted by Gasteiger charge is -2.31. The lowest BCUT2D eigenvalue weighted by atomic mass is 10.1. The van der Waals surface area contributed by atoms with Crippen molar-refractivity contribution >= 4 is 11.7 Å². The minimum absolute atomic E-state index is 0.0182. The zero-order valence-corrected chi connectivity index (χ0v) is 9.69. The van der Waals surface area contributed by atoms with Gasteiger partial charge in [0.1, 0.15) is 5.70 Å². The highest BCUT2D eigenvalue weighted by Crippen LogP contribution is 2.36. The van der Waals surface area contributed by atoms with Gasteiger partial charge in [-0.15, -0.1) is 0 Å². The van der Waals surface area contributed by atoms with E-state index < -0.39 is 23.4 Å². The van der Waals surface area contributed by atoms with Gasteiger partial charge in [0, 0.05) is 12.2 Å². The molecular formula is C13H10F3NO2. The van der Waals surface area contributed by atoms with Crippen LogP contribution in [0.2, 0.25) is 0 Å². The molecule has 0 saturated heterocycles. The highest BCUT2D eigenvalue weighted by Gasteiger charge is 2.42. The van der Waals surface area contributed by atoms with Gasteiger partial charge in [0.2, 0.25) is 0 Å². The Morgan fingerprint density at radius 2 is 1.84 bits per heavy atom. The fourth-order valence-corrected chi connectivity index (χ4v) is 1.91. The number of carbonyl (C=O) groups is 1. The van der Waals surface area contributed by atoms with Crippen molar-refractivity contribution in [1.82, 2.24) is 0 Å². The normalized spacial score (nSPS) is 15.8. The number of halogens is 3. The maximum absolute atomic E-state index is 13.1. The number of carboxylic acid groups (broad SMARTS) is 1. The molecule has 6 heteroatoms. The van der Waals surface area contributed by atoms with E-state index in [0.29, 0.717) is 5.69 Å². The van der Waals surface area contributed by atoms with Gasteiger partial charge in [-0.25, -0.2) is 4.79 Å². The van der Waals surface area contributed by atoms with Gasteiger partial charge in [0.25, 0.3) is 0 Å². The number of carboxylic acids is 1. The Hall–Kier alpha value is -2.24. The summed E-state index contributed by atoms with van der Waals surface area (Å²) in [6, 6.07) is 7.89. The van der Waals surface area contributed by atoms with Crippen molar-refractivity contribution in [3.63, 3.8) is 0 Å². The Morgan fingerprint density at radius 1 is 1.21 bits per heavy atom. The number of hydrogen-bond donors (Lipinski definition) is 1. The lowest BCUT2D eigenvalue weighted by molar-refractivity contribution is -0.133. The molecule has 0 atom stereocenters. The fourth-order valence-electron chi connectivity index (χ4n) is 1.91. The summed E-state index contributed by atoms with van der Waals surface area (Å²) in [5.74, 6) is -1.59. The Kier molecular flexibility index (Phi) is 3.33. The third-order valence-corrected chi connectivity index (χ3v) is 2.66. The van der Waals surface area contributed by atoms with Gasteiger partial charge >= 0.3 is 12.1 Å². The van der Waals surface area contributed by atoms with E-state index in [1.165, 1.54) is 18.2 Å². The van der Waals surface area contributed by atoms with E-state index >= 15 is 0 Å². The van der Waals surface area contributed by atoms with Crippen LogP contribution in [0.4, 0.5) is 18.9 Å². The second-order valence-corrected chi connectivity index (χ2v) is 3.91. The van der Waals surface area contributed by atoms with E-state index in [4.69, 9.17) is 5.11 Å². The predicted molar refractivity (Wildman–Crippen MR) is 63.6 cm³/mol. The van der Waals surface area contributed by atoms with Crippen molar-refractivity contribution in [1.29, 1.82) is 0 Å². The Bertz CT molecular complexity index is 547. The second kappa shape index (κ2) is 4.79. The highest BCUT2D eigenvalue weighted by molar-refractivity contribution is 5.92. The molecule has 0 bridgehead atoms. The number of allylic oxidation sites excluding steroid dienone is 1. The van der Waals surface area contributed by atoms with Gasteiger partial charge in [-0.3, -0.25) is 0 Å².